The van der Waals surface area contributed by atoms with E-state index in [2.05, 4.69) is 56.6 Å². The van der Waals surface area contributed by atoms with Crippen LogP contribution in [0.4, 0.5) is 5.69 Å². The fraction of sp³-hybridized carbons (Fsp3) is 0.480. The lowest BCUT2D eigenvalue weighted by Crippen LogP contribution is -2.74. The van der Waals surface area contributed by atoms with Gasteiger partial charge in [-0.15, -0.1) is 0 Å². The van der Waals surface area contributed by atoms with Gasteiger partial charge in [0.05, 0.1) is 21.7 Å². The number of carbonyl (C=O) groups excluding carboxylic acids is 5. The van der Waals surface area contributed by atoms with Crippen LogP contribution in [0.15, 0.2) is 54.6 Å². The van der Waals surface area contributed by atoms with Crippen LogP contribution >= 0.6 is 11.6 Å². The highest BCUT2D eigenvalue weighted by atomic mass is 35.5. The van der Waals surface area contributed by atoms with Gasteiger partial charge in [-0.2, -0.15) is 5.26 Å². The average Bonchev–Trinajstić information content (AvgIpc) is 3.67. The largest absolute Gasteiger partial charge is 0.489 e. The summed E-state index contributed by atoms with van der Waals surface area (Å²) in [4.78, 5) is 71.5. The van der Waals surface area contributed by atoms with E-state index in [1.165, 1.54) is 26.3 Å². The minimum Gasteiger partial charge on any atom is -0.489 e. The summed E-state index contributed by atoms with van der Waals surface area (Å²) in [5.74, 6) is 7.56. The van der Waals surface area contributed by atoms with Crippen molar-refractivity contribution in [2.24, 2.45) is 28.6 Å². The second kappa shape index (κ2) is 15.6. The number of halogens is 1. The summed E-state index contributed by atoms with van der Waals surface area (Å²) in [6.07, 6.45) is 6.98. The van der Waals surface area contributed by atoms with E-state index in [1.807, 2.05) is 23.1 Å². The predicted molar refractivity (Wildman–Crippen MR) is 233 cm³/mol. The molecular weight excluding hydrogens is 802 g/mol. The first kappa shape index (κ1) is 41.7. The molecule has 0 spiro atoms. The number of piperidine rings is 1. The van der Waals surface area contributed by atoms with Gasteiger partial charge in [0.25, 0.3) is 23.6 Å². The Balaban J connectivity index is 0.736. The molecule has 9 rings (SSSR count). The second-order valence-electron chi connectivity index (χ2n) is 19.5. The molecule has 2 aliphatic carbocycles. The van der Waals surface area contributed by atoms with E-state index in [9.17, 15) is 29.2 Å². The van der Waals surface area contributed by atoms with Crippen LogP contribution in [-0.4, -0.2) is 82.6 Å². The maximum Gasteiger partial charge on any atom is 0.262 e. The van der Waals surface area contributed by atoms with Crippen LogP contribution in [0.1, 0.15) is 127 Å². The third kappa shape index (κ3) is 7.03. The zero-order valence-corrected chi connectivity index (χ0v) is 36.8. The summed E-state index contributed by atoms with van der Waals surface area (Å²) in [6, 6.07) is 17.6. The Morgan fingerprint density at radius 3 is 2.19 bits per heavy atom. The molecule has 62 heavy (non-hydrogen) atoms. The molecule has 11 nitrogen and oxygen atoms in total. The van der Waals surface area contributed by atoms with Crippen molar-refractivity contribution in [3.05, 3.63) is 93.0 Å². The summed E-state index contributed by atoms with van der Waals surface area (Å²) < 4.78 is 6.49. The fourth-order valence-electron chi connectivity index (χ4n) is 11.7. The van der Waals surface area contributed by atoms with Crippen molar-refractivity contribution >= 4 is 46.8 Å². The van der Waals surface area contributed by atoms with Crippen LogP contribution in [0.2, 0.25) is 5.02 Å². The van der Waals surface area contributed by atoms with Gasteiger partial charge in [-0.05, 0) is 104 Å². The van der Waals surface area contributed by atoms with Crippen molar-refractivity contribution < 1.29 is 28.7 Å². The minimum absolute atomic E-state index is 0.0437. The van der Waals surface area contributed by atoms with Crippen molar-refractivity contribution in [2.75, 3.05) is 25.0 Å². The number of rotatable bonds is 8. The predicted octanol–water partition coefficient (Wildman–Crippen LogP) is 7.87. The zero-order chi connectivity index (χ0) is 43.8. The normalized spacial score (nSPS) is 26.3. The number of carbonyl (C=O) groups is 5. The van der Waals surface area contributed by atoms with Gasteiger partial charge in [0, 0.05) is 78.8 Å². The number of likely N-dealkylation sites (N-methyl/N-ethyl adjacent to an activating group) is 1. The number of likely N-dealkylation sites (tertiary alicyclic amines) is 1. The molecule has 1 atom stereocenters. The lowest BCUT2D eigenvalue weighted by atomic mass is 9.49. The van der Waals surface area contributed by atoms with Gasteiger partial charge in [0.15, 0.2) is 0 Å². The lowest BCUT2D eigenvalue weighted by Gasteiger charge is -2.65. The Labute approximate surface area is 368 Å². The maximum absolute atomic E-state index is 13.8. The van der Waals surface area contributed by atoms with Gasteiger partial charge >= 0.3 is 0 Å². The molecule has 2 saturated heterocycles. The van der Waals surface area contributed by atoms with E-state index in [0.29, 0.717) is 51.8 Å². The molecule has 0 bridgehead atoms. The quantitative estimate of drug-likeness (QED) is 0.165. The lowest BCUT2D eigenvalue weighted by molar-refractivity contribution is -0.199. The molecule has 0 aromatic heterocycles. The van der Waals surface area contributed by atoms with Gasteiger partial charge in [-0.3, -0.25) is 33.8 Å². The van der Waals surface area contributed by atoms with E-state index in [1.54, 1.807) is 30.3 Å². The average molecular weight is 854 g/mol. The van der Waals surface area contributed by atoms with E-state index in [4.69, 9.17) is 16.3 Å². The zero-order valence-electron chi connectivity index (χ0n) is 36.0. The summed E-state index contributed by atoms with van der Waals surface area (Å²) in [5.41, 5.74) is 4.00. The number of benzene rings is 3. The Hall–Kier alpha value is -5.65. The Morgan fingerprint density at radius 2 is 1.48 bits per heavy atom. The molecule has 0 N–H and O–H groups in total. The van der Waals surface area contributed by atoms with E-state index in [-0.39, 0.29) is 47.6 Å². The number of nitriles is 1. The van der Waals surface area contributed by atoms with Crippen molar-refractivity contribution in [1.82, 2.24) is 14.7 Å². The molecule has 4 heterocycles. The first-order chi connectivity index (χ1) is 29.6. The van der Waals surface area contributed by atoms with Crippen LogP contribution in [0.5, 0.6) is 5.75 Å². The summed E-state index contributed by atoms with van der Waals surface area (Å²) >= 11 is 6.30. The Kier molecular flexibility index (Phi) is 10.5. The van der Waals surface area contributed by atoms with Crippen LogP contribution in [0, 0.1) is 51.8 Å². The van der Waals surface area contributed by atoms with Crippen LogP contribution in [-0.2, 0) is 16.1 Å². The molecule has 3 aromatic rings. The molecule has 320 valence electrons. The van der Waals surface area contributed by atoms with E-state index in [0.717, 1.165) is 64.5 Å². The van der Waals surface area contributed by atoms with Crippen molar-refractivity contribution in [3.63, 3.8) is 0 Å². The van der Waals surface area contributed by atoms with Crippen LogP contribution in [0.3, 0.4) is 0 Å². The minimum atomic E-state index is -0.950. The fourth-order valence-corrected chi connectivity index (χ4v) is 11.9. The number of imide groups is 2. The third-order valence-corrected chi connectivity index (χ3v) is 15.0. The first-order valence-corrected chi connectivity index (χ1v) is 22.3. The summed E-state index contributed by atoms with van der Waals surface area (Å²) in [5, 5.41) is 9.63. The highest BCUT2D eigenvalue weighted by Gasteiger charge is 2.67. The highest BCUT2D eigenvalue weighted by molar-refractivity contribution is 6.31. The molecule has 6 aliphatic rings. The van der Waals surface area contributed by atoms with Gasteiger partial charge in [-0.1, -0.05) is 57.6 Å². The summed E-state index contributed by atoms with van der Waals surface area (Å²) in [7, 11) is 1.40. The number of fused-ring (bicyclic) bond motifs is 2. The van der Waals surface area contributed by atoms with E-state index >= 15 is 0 Å². The molecule has 4 aliphatic heterocycles. The molecule has 4 fully saturated rings. The van der Waals surface area contributed by atoms with Crippen molar-refractivity contribution in [2.45, 2.75) is 104 Å². The number of hydrogen-bond donors (Lipinski definition) is 0. The molecule has 12 heteroatoms. The van der Waals surface area contributed by atoms with Gasteiger partial charge in [0.2, 0.25) is 5.91 Å². The third-order valence-electron chi connectivity index (χ3n) is 14.7. The number of amides is 5. The first-order valence-electron chi connectivity index (χ1n) is 22.0. The van der Waals surface area contributed by atoms with Crippen molar-refractivity contribution in [1.29, 1.82) is 5.26 Å². The topological polar surface area (TPSA) is 131 Å². The Bertz CT molecular complexity index is 2500. The molecule has 3 aromatic carbocycles. The maximum atomic E-state index is 13.8. The SMILES string of the molecule is CN1C(=O)CCC(N2C(=O)c3ccc(N4CC(CCC5CCC(C#Cc6ccc7c(c6)CN([C@H]6C(C)(C)[C@H](Oc8ccc(C#N)c(Cl)c8)C6(C)C)C7=O)CC5)C4)cc3C2=O)C1=O. The number of ether oxygens (including phenoxy) is 1. The van der Waals surface area contributed by atoms with Crippen LogP contribution < -0.4 is 9.64 Å². The van der Waals surface area contributed by atoms with Crippen molar-refractivity contribution in [3.8, 4) is 23.7 Å². The monoisotopic (exact) mass is 853 g/mol. The van der Waals surface area contributed by atoms with Gasteiger partial charge in [0.1, 0.15) is 24.0 Å². The molecule has 1 unspecified atom stereocenters. The number of nitrogens with zero attached hydrogens (tertiary/aromatic N) is 5. The van der Waals surface area contributed by atoms with E-state index < -0.39 is 23.8 Å². The Morgan fingerprint density at radius 1 is 0.790 bits per heavy atom. The van der Waals surface area contributed by atoms with Crippen LogP contribution in [0.25, 0.3) is 0 Å². The molecule has 2 saturated carbocycles. The van der Waals surface area contributed by atoms with Gasteiger partial charge in [-0.25, -0.2) is 0 Å². The number of anilines is 1. The number of hydrogen-bond acceptors (Lipinski definition) is 8. The highest BCUT2D eigenvalue weighted by Crippen LogP contribution is 2.59. The molecule has 5 amide bonds. The smallest absolute Gasteiger partial charge is 0.262 e. The standard InChI is InChI=1S/C50H52ClN5O6/c1-49(2)47(50(3,4)48(49)62-36-17-15-33(25-52)40(51)24-36)55-28-34-22-31(14-18-37(34)43(55)58)12-10-29-6-8-30(9-7-29)11-13-32-26-54(27-32)35-16-19-38-39(23-35)45(60)56(44(38)59)41-20-21-42(57)53(5)46(41)61/h14-19,22-24,29-30,32,41,47-48H,6-9,11,13,20-21,26-28H2,1-5H3/t29?,30?,41?,47-,48-. The summed E-state index contributed by atoms with van der Waals surface area (Å²) in [6.45, 7) is 11.0. The molecular formula is C50H52ClN5O6. The second-order valence-corrected chi connectivity index (χ2v) is 19.9. The van der Waals surface area contributed by atoms with Gasteiger partial charge < -0.3 is 14.5 Å². The molecule has 0 radical (unpaired) electrons.